The number of benzene rings is 1. The molecule has 0 saturated heterocycles. The van der Waals surface area contributed by atoms with Crippen LogP contribution in [0.3, 0.4) is 0 Å². The fourth-order valence-corrected chi connectivity index (χ4v) is 0.807. The molecule has 0 aliphatic rings. The number of aromatic hydroxyl groups is 1. The lowest BCUT2D eigenvalue weighted by Gasteiger charge is -2.04. The summed E-state index contributed by atoms with van der Waals surface area (Å²) in [5, 5.41) is 9.13. The van der Waals surface area contributed by atoms with Crippen LogP contribution in [0.5, 0.6) is 11.5 Å². The maximum atomic E-state index is 9.13. The van der Waals surface area contributed by atoms with Crippen molar-refractivity contribution < 1.29 is 9.84 Å². The van der Waals surface area contributed by atoms with Crippen LogP contribution >= 0.6 is 0 Å². The summed E-state index contributed by atoms with van der Waals surface area (Å²) in [6.45, 7) is 3.67. The number of para-hydroxylation sites is 1. The molecule has 0 fully saturated rings. The molecule has 0 amide bonds. The van der Waals surface area contributed by atoms with Crippen molar-refractivity contribution in [1.29, 1.82) is 0 Å². The van der Waals surface area contributed by atoms with Crippen molar-refractivity contribution in [3.8, 4) is 11.5 Å². The number of rotatable bonds is 1. The van der Waals surface area contributed by atoms with Crippen molar-refractivity contribution in [1.82, 2.24) is 0 Å². The summed E-state index contributed by atoms with van der Waals surface area (Å²) >= 11 is 0. The van der Waals surface area contributed by atoms with Gasteiger partial charge < -0.3 is 9.84 Å². The average molecular weight is 137 g/mol. The van der Waals surface area contributed by atoms with Crippen molar-refractivity contribution in [3.05, 3.63) is 30.7 Å². The van der Waals surface area contributed by atoms with Crippen molar-refractivity contribution >= 4 is 0 Å². The van der Waals surface area contributed by atoms with Crippen LogP contribution in [-0.4, -0.2) is 12.2 Å². The highest BCUT2D eigenvalue weighted by Gasteiger charge is 2.01. The minimum atomic E-state index is 0.134. The molecule has 2 heteroatoms. The summed E-state index contributed by atoms with van der Waals surface area (Å²) in [5.41, 5.74) is 0.697. The molecular weight excluding hydrogens is 128 g/mol. The van der Waals surface area contributed by atoms with E-state index in [1.165, 1.54) is 7.11 Å². The second-order valence-corrected chi connectivity index (χ2v) is 1.97. The molecule has 0 aliphatic carbocycles. The normalized spacial score (nSPS) is 9.40. The zero-order valence-electron chi connectivity index (χ0n) is 5.79. The van der Waals surface area contributed by atoms with E-state index < -0.39 is 0 Å². The van der Waals surface area contributed by atoms with Crippen LogP contribution in [0.1, 0.15) is 5.56 Å². The van der Waals surface area contributed by atoms with Crippen molar-refractivity contribution in [2.24, 2.45) is 0 Å². The predicted molar refractivity (Wildman–Crippen MR) is 39.1 cm³/mol. The lowest BCUT2D eigenvalue weighted by molar-refractivity contribution is 0.372. The molecule has 0 aromatic heterocycles. The Bertz CT molecular complexity index is 210. The summed E-state index contributed by atoms with van der Waals surface area (Å²) in [6, 6.07) is 5.06. The number of phenols is 1. The second kappa shape index (κ2) is 2.60. The van der Waals surface area contributed by atoms with Crippen LogP contribution in [0.25, 0.3) is 0 Å². The molecule has 1 aromatic rings. The third-order valence-corrected chi connectivity index (χ3v) is 1.28. The quantitative estimate of drug-likeness (QED) is 0.636. The first-order chi connectivity index (χ1) is 4.75. The van der Waals surface area contributed by atoms with Gasteiger partial charge in [-0.05, 0) is 18.6 Å². The van der Waals surface area contributed by atoms with Crippen molar-refractivity contribution in [2.45, 2.75) is 0 Å². The zero-order chi connectivity index (χ0) is 7.56. The molecule has 0 saturated carbocycles. The van der Waals surface area contributed by atoms with E-state index in [-0.39, 0.29) is 5.75 Å². The average Bonchev–Trinajstić information content (AvgIpc) is 1.88. The first-order valence-electron chi connectivity index (χ1n) is 2.93. The van der Waals surface area contributed by atoms with Crippen LogP contribution in [0.15, 0.2) is 18.2 Å². The highest BCUT2D eigenvalue weighted by atomic mass is 16.5. The van der Waals surface area contributed by atoms with E-state index in [1.807, 2.05) is 0 Å². The zero-order valence-corrected chi connectivity index (χ0v) is 5.79. The highest BCUT2D eigenvalue weighted by molar-refractivity contribution is 5.46. The number of ether oxygens (including phenoxy) is 1. The molecular formula is C8H9O2. The maximum absolute atomic E-state index is 9.13. The third kappa shape index (κ3) is 1.05. The van der Waals surface area contributed by atoms with E-state index in [0.29, 0.717) is 11.3 Å². The molecule has 0 spiro atoms. The van der Waals surface area contributed by atoms with Crippen LogP contribution in [-0.2, 0) is 0 Å². The molecule has 0 unspecified atom stereocenters. The van der Waals surface area contributed by atoms with Crippen LogP contribution in [0, 0.1) is 6.92 Å². The smallest absolute Gasteiger partial charge is 0.163 e. The van der Waals surface area contributed by atoms with Gasteiger partial charge in [0.15, 0.2) is 11.5 Å². The fourth-order valence-electron chi connectivity index (χ4n) is 0.807. The van der Waals surface area contributed by atoms with Gasteiger partial charge >= 0.3 is 0 Å². The Morgan fingerprint density at radius 3 is 2.60 bits per heavy atom. The Hall–Kier alpha value is -1.18. The Kier molecular flexibility index (Phi) is 1.81. The summed E-state index contributed by atoms with van der Waals surface area (Å²) in [7, 11) is 1.50. The monoisotopic (exact) mass is 137 g/mol. The minimum absolute atomic E-state index is 0.134. The first kappa shape index (κ1) is 6.93. The predicted octanol–water partition coefficient (Wildman–Crippen LogP) is 1.58. The Morgan fingerprint density at radius 1 is 1.50 bits per heavy atom. The van der Waals surface area contributed by atoms with Gasteiger partial charge in [0.1, 0.15) is 0 Å². The van der Waals surface area contributed by atoms with Gasteiger partial charge in [-0.25, -0.2) is 0 Å². The molecule has 0 atom stereocenters. The minimum Gasteiger partial charge on any atom is -0.504 e. The Balaban J connectivity index is 3.17. The Morgan fingerprint density at radius 2 is 2.20 bits per heavy atom. The van der Waals surface area contributed by atoms with Crippen LogP contribution in [0.2, 0.25) is 0 Å². The van der Waals surface area contributed by atoms with Crippen molar-refractivity contribution in [3.63, 3.8) is 0 Å². The Labute approximate surface area is 60.1 Å². The number of hydrogen-bond donors (Lipinski definition) is 1. The van der Waals surface area contributed by atoms with Crippen LogP contribution < -0.4 is 4.74 Å². The van der Waals surface area contributed by atoms with E-state index in [2.05, 4.69) is 6.92 Å². The summed E-state index contributed by atoms with van der Waals surface area (Å²) in [5.74, 6) is 0.581. The molecule has 1 aromatic carbocycles. The SMILES string of the molecule is [CH2]c1cccc(O)c1OC. The molecule has 0 bridgehead atoms. The van der Waals surface area contributed by atoms with Gasteiger partial charge in [0, 0.05) is 0 Å². The number of hydrogen-bond acceptors (Lipinski definition) is 2. The largest absolute Gasteiger partial charge is 0.504 e. The van der Waals surface area contributed by atoms with E-state index in [4.69, 9.17) is 9.84 Å². The van der Waals surface area contributed by atoms with E-state index in [0.717, 1.165) is 0 Å². The lowest BCUT2D eigenvalue weighted by atomic mass is 10.2. The summed E-state index contributed by atoms with van der Waals surface area (Å²) in [4.78, 5) is 0. The van der Waals surface area contributed by atoms with Gasteiger partial charge in [-0.1, -0.05) is 12.1 Å². The van der Waals surface area contributed by atoms with E-state index >= 15 is 0 Å². The standard InChI is InChI=1S/C8H9O2/c1-6-4-3-5-7(9)8(6)10-2/h3-5,9H,1H2,2H3. The molecule has 0 aliphatic heterocycles. The van der Waals surface area contributed by atoms with E-state index in [9.17, 15) is 0 Å². The van der Waals surface area contributed by atoms with Gasteiger partial charge in [0.2, 0.25) is 0 Å². The lowest BCUT2D eigenvalue weighted by Crippen LogP contribution is -1.86. The maximum Gasteiger partial charge on any atom is 0.163 e. The number of phenolic OH excluding ortho intramolecular Hbond substituents is 1. The molecule has 53 valence electrons. The van der Waals surface area contributed by atoms with Gasteiger partial charge in [0.05, 0.1) is 7.11 Å². The third-order valence-electron chi connectivity index (χ3n) is 1.28. The number of methoxy groups -OCH3 is 1. The second-order valence-electron chi connectivity index (χ2n) is 1.97. The molecule has 1 radical (unpaired) electrons. The molecule has 10 heavy (non-hydrogen) atoms. The molecule has 1 rings (SSSR count). The van der Waals surface area contributed by atoms with Gasteiger partial charge in [-0.2, -0.15) is 0 Å². The fraction of sp³-hybridized carbons (Fsp3) is 0.125. The topological polar surface area (TPSA) is 29.5 Å². The summed E-state index contributed by atoms with van der Waals surface area (Å²) in [6.07, 6.45) is 0. The van der Waals surface area contributed by atoms with E-state index in [1.54, 1.807) is 18.2 Å². The molecule has 1 N–H and O–H groups in total. The highest BCUT2D eigenvalue weighted by Crippen LogP contribution is 2.28. The summed E-state index contributed by atoms with van der Waals surface area (Å²) < 4.78 is 4.86. The van der Waals surface area contributed by atoms with Crippen LogP contribution in [0.4, 0.5) is 0 Å². The van der Waals surface area contributed by atoms with Gasteiger partial charge in [-0.3, -0.25) is 0 Å². The van der Waals surface area contributed by atoms with Gasteiger partial charge in [0.25, 0.3) is 0 Å². The van der Waals surface area contributed by atoms with Crippen molar-refractivity contribution in [2.75, 3.05) is 7.11 Å². The van der Waals surface area contributed by atoms with Gasteiger partial charge in [-0.15, -0.1) is 0 Å². The molecule has 2 nitrogen and oxygen atoms in total. The molecule has 0 heterocycles. The first-order valence-corrected chi connectivity index (χ1v) is 2.93.